The van der Waals surface area contributed by atoms with Gasteiger partial charge in [-0.2, -0.15) is 5.10 Å². The molecule has 3 aromatic rings. The van der Waals surface area contributed by atoms with Crippen LogP contribution in [0.3, 0.4) is 0 Å². The van der Waals surface area contributed by atoms with E-state index in [0.717, 1.165) is 23.2 Å². The number of methoxy groups -OCH3 is 1. The fourth-order valence-electron chi connectivity index (χ4n) is 4.25. The number of fused-ring (bicyclic) bond motifs is 1. The first kappa shape index (κ1) is 23.6. The summed E-state index contributed by atoms with van der Waals surface area (Å²) in [6.45, 7) is 4.44. The van der Waals surface area contributed by atoms with Gasteiger partial charge in [-0.1, -0.05) is 24.6 Å². The molecule has 34 heavy (non-hydrogen) atoms. The number of ether oxygens (including phenoxy) is 2. The highest BCUT2D eigenvalue weighted by molar-refractivity contribution is 6.30. The highest BCUT2D eigenvalue weighted by Gasteiger charge is 2.41. The first-order valence-electron chi connectivity index (χ1n) is 11.1. The number of aromatic nitrogens is 2. The average molecular weight is 483 g/mol. The molecule has 2 heterocycles. The molecular weight excluding hydrogens is 456 g/mol. The highest BCUT2D eigenvalue weighted by atomic mass is 35.5. The van der Waals surface area contributed by atoms with Crippen LogP contribution < -0.4 is 20.1 Å². The number of hydrogen-bond donors (Lipinski definition) is 2. The van der Waals surface area contributed by atoms with E-state index in [-0.39, 0.29) is 11.8 Å². The number of rotatable bonds is 7. The lowest BCUT2D eigenvalue weighted by atomic mass is 9.81. The molecular formula is C25H27ClN4O4. The van der Waals surface area contributed by atoms with E-state index in [1.54, 1.807) is 43.1 Å². The van der Waals surface area contributed by atoms with Crippen LogP contribution >= 0.6 is 11.6 Å². The normalized spacial score (nSPS) is 17.0. The molecule has 1 aliphatic rings. The molecule has 0 radical (unpaired) electrons. The highest BCUT2D eigenvalue weighted by Crippen LogP contribution is 2.41. The van der Waals surface area contributed by atoms with Gasteiger partial charge in [0.15, 0.2) is 11.5 Å². The summed E-state index contributed by atoms with van der Waals surface area (Å²) in [7, 11) is 3.36. The maximum atomic E-state index is 13.3. The lowest BCUT2D eigenvalue weighted by molar-refractivity contribution is -0.118. The Labute approximate surface area is 203 Å². The molecule has 0 bridgehead atoms. The fraction of sp³-hybridized carbons (Fsp3) is 0.320. The van der Waals surface area contributed by atoms with Crippen LogP contribution in [-0.2, 0) is 11.8 Å². The molecule has 1 aromatic heterocycles. The standard InChI is InChI=1S/C25H27ClN4O4/c1-5-12-34-19-13-16(8-11-18(19)33-4)21-20-14(2)29-30(3)23(20)28-25(32)22(21)27-24(31)15-6-9-17(26)10-7-15/h6-11,13,21-22H,5,12H2,1-4H3,(H,27,31)(H,28,32)/t21-,22+/m1/s1. The summed E-state index contributed by atoms with van der Waals surface area (Å²) >= 11 is 5.96. The summed E-state index contributed by atoms with van der Waals surface area (Å²) in [5.41, 5.74) is 2.82. The van der Waals surface area contributed by atoms with Gasteiger partial charge in [0.1, 0.15) is 11.9 Å². The number of hydrogen-bond acceptors (Lipinski definition) is 5. The number of aryl methyl sites for hydroxylation is 2. The van der Waals surface area contributed by atoms with E-state index in [2.05, 4.69) is 15.7 Å². The Hall–Kier alpha value is -3.52. The second-order valence-electron chi connectivity index (χ2n) is 8.16. The van der Waals surface area contributed by atoms with Crippen molar-refractivity contribution in [1.82, 2.24) is 15.1 Å². The molecule has 2 N–H and O–H groups in total. The third-order valence-corrected chi connectivity index (χ3v) is 6.09. The van der Waals surface area contributed by atoms with Crippen LogP contribution in [0.5, 0.6) is 11.5 Å². The van der Waals surface area contributed by atoms with Gasteiger partial charge in [-0.25, -0.2) is 0 Å². The van der Waals surface area contributed by atoms with Gasteiger partial charge >= 0.3 is 0 Å². The number of carbonyl (C=O) groups excluding carboxylic acids is 2. The average Bonchev–Trinajstić information content (AvgIpc) is 3.10. The number of nitrogens with zero attached hydrogens (tertiary/aromatic N) is 2. The quantitative estimate of drug-likeness (QED) is 0.529. The summed E-state index contributed by atoms with van der Waals surface area (Å²) in [6, 6.07) is 11.2. The molecule has 1 aliphatic heterocycles. The van der Waals surface area contributed by atoms with Crippen LogP contribution in [0.15, 0.2) is 42.5 Å². The van der Waals surface area contributed by atoms with E-state index in [4.69, 9.17) is 21.1 Å². The zero-order valence-electron chi connectivity index (χ0n) is 19.5. The van der Waals surface area contributed by atoms with E-state index in [1.165, 1.54) is 0 Å². The Balaban J connectivity index is 1.79. The molecule has 2 aromatic carbocycles. The molecule has 178 valence electrons. The van der Waals surface area contributed by atoms with Crippen molar-refractivity contribution in [3.63, 3.8) is 0 Å². The predicted molar refractivity (Wildman–Crippen MR) is 130 cm³/mol. The minimum Gasteiger partial charge on any atom is -0.493 e. The van der Waals surface area contributed by atoms with Gasteiger partial charge in [-0.15, -0.1) is 0 Å². The van der Waals surface area contributed by atoms with Crippen LogP contribution in [0.25, 0.3) is 0 Å². The molecule has 0 fully saturated rings. The van der Waals surface area contributed by atoms with E-state index < -0.39 is 12.0 Å². The number of nitrogens with one attached hydrogen (secondary N) is 2. The summed E-state index contributed by atoms with van der Waals surface area (Å²) in [4.78, 5) is 26.3. The van der Waals surface area contributed by atoms with Crippen molar-refractivity contribution in [2.45, 2.75) is 32.2 Å². The van der Waals surface area contributed by atoms with Gasteiger partial charge in [0, 0.05) is 29.1 Å². The third-order valence-electron chi connectivity index (χ3n) is 5.84. The zero-order valence-corrected chi connectivity index (χ0v) is 20.3. The molecule has 0 aliphatic carbocycles. The van der Waals surface area contributed by atoms with Gasteiger partial charge in [0.05, 0.1) is 19.4 Å². The molecule has 0 saturated heterocycles. The van der Waals surface area contributed by atoms with Gasteiger partial charge in [-0.3, -0.25) is 14.3 Å². The van der Waals surface area contributed by atoms with Crippen LogP contribution in [0.4, 0.5) is 5.82 Å². The largest absolute Gasteiger partial charge is 0.493 e. The van der Waals surface area contributed by atoms with Crippen molar-refractivity contribution >= 4 is 29.2 Å². The van der Waals surface area contributed by atoms with E-state index in [0.29, 0.717) is 34.5 Å². The molecule has 0 unspecified atom stereocenters. The summed E-state index contributed by atoms with van der Waals surface area (Å²) in [5.74, 6) is 0.610. The second-order valence-corrected chi connectivity index (χ2v) is 8.59. The first-order valence-corrected chi connectivity index (χ1v) is 11.4. The number of halogens is 1. The van der Waals surface area contributed by atoms with Crippen molar-refractivity contribution in [1.29, 1.82) is 0 Å². The molecule has 0 spiro atoms. The second kappa shape index (κ2) is 9.77. The van der Waals surface area contributed by atoms with Gasteiger partial charge in [0.25, 0.3) is 5.91 Å². The van der Waals surface area contributed by atoms with E-state index in [9.17, 15) is 9.59 Å². The molecule has 2 amide bonds. The molecule has 8 nitrogen and oxygen atoms in total. The first-order chi connectivity index (χ1) is 16.3. The zero-order chi connectivity index (χ0) is 24.4. The Morgan fingerprint density at radius 2 is 1.94 bits per heavy atom. The minimum absolute atomic E-state index is 0.324. The summed E-state index contributed by atoms with van der Waals surface area (Å²) in [5, 5.41) is 10.9. The number of carbonyl (C=O) groups is 2. The van der Waals surface area contributed by atoms with Gasteiger partial charge < -0.3 is 20.1 Å². The van der Waals surface area contributed by atoms with Crippen LogP contribution in [0, 0.1) is 6.92 Å². The Kier molecular flexibility index (Phi) is 6.79. The van der Waals surface area contributed by atoms with Crippen LogP contribution in [-0.4, -0.2) is 41.4 Å². The lowest BCUT2D eigenvalue weighted by Crippen LogP contribution is -2.50. The van der Waals surface area contributed by atoms with Crippen LogP contribution in [0.2, 0.25) is 5.02 Å². The lowest BCUT2D eigenvalue weighted by Gasteiger charge is -2.33. The SMILES string of the molecule is CCCOc1cc([C@@H]2c3c(C)nn(C)c3NC(=O)[C@H]2NC(=O)c2ccc(Cl)cc2)ccc1OC. The molecule has 0 saturated carbocycles. The van der Waals surface area contributed by atoms with Crippen molar-refractivity contribution in [3.8, 4) is 11.5 Å². The molecule has 9 heteroatoms. The van der Waals surface area contributed by atoms with Crippen molar-refractivity contribution < 1.29 is 19.1 Å². The van der Waals surface area contributed by atoms with Gasteiger partial charge in [0.2, 0.25) is 5.91 Å². The van der Waals surface area contributed by atoms with E-state index in [1.807, 2.05) is 32.0 Å². The van der Waals surface area contributed by atoms with Crippen molar-refractivity contribution in [2.75, 3.05) is 19.0 Å². The van der Waals surface area contributed by atoms with Crippen molar-refractivity contribution in [2.24, 2.45) is 7.05 Å². The summed E-state index contributed by atoms with van der Waals surface area (Å²) < 4.78 is 13.0. The number of amides is 2. The molecule has 4 rings (SSSR count). The number of benzene rings is 2. The smallest absolute Gasteiger partial charge is 0.251 e. The Bertz CT molecular complexity index is 1220. The van der Waals surface area contributed by atoms with E-state index >= 15 is 0 Å². The van der Waals surface area contributed by atoms with Crippen LogP contribution in [0.1, 0.15) is 46.4 Å². The third kappa shape index (κ3) is 4.46. The minimum atomic E-state index is -0.869. The maximum absolute atomic E-state index is 13.3. The van der Waals surface area contributed by atoms with Crippen molar-refractivity contribution in [3.05, 3.63) is 69.9 Å². The monoisotopic (exact) mass is 482 g/mol. The summed E-state index contributed by atoms with van der Waals surface area (Å²) in [6.07, 6.45) is 0.838. The predicted octanol–water partition coefficient (Wildman–Crippen LogP) is 4.06. The number of anilines is 1. The topological polar surface area (TPSA) is 94.5 Å². The van der Waals surface area contributed by atoms with Gasteiger partial charge in [-0.05, 0) is 55.3 Å². The Morgan fingerprint density at radius 1 is 1.21 bits per heavy atom. The molecule has 2 atom stereocenters. The fourth-order valence-corrected chi connectivity index (χ4v) is 4.38. The Morgan fingerprint density at radius 3 is 2.62 bits per heavy atom. The maximum Gasteiger partial charge on any atom is 0.251 e.